The molecule has 1 unspecified atom stereocenters. The molecule has 1 heterocycles. The van der Waals surface area contributed by atoms with Gasteiger partial charge < -0.3 is 10.8 Å². The average Bonchev–Trinajstić information content (AvgIpc) is 2.28. The van der Waals surface area contributed by atoms with Crippen molar-refractivity contribution in [2.75, 3.05) is 5.73 Å². The van der Waals surface area contributed by atoms with Crippen LogP contribution in [0, 0.1) is 19.7 Å². The van der Waals surface area contributed by atoms with Gasteiger partial charge in [-0.05, 0) is 48.7 Å². The number of anilines is 1. The minimum Gasteiger partial charge on any atom is -0.383 e. The van der Waals surface area contributed by atoms with Crippen molar-refractivity contribution in [2.24, 2.45) is 0 Å². The number of benzene rings is 1. The molecule has 0 aliphatic rings. The molecule has 0 aliphatic carbocycles. The fourth-order valence-corrected chi connectivity index (χ4v) is 2.05. The SMILES string of the molecule is Cc1cc(F)ccc1C(O)c1c(C)ccnc1N. The lowest BCUT2D eigenvalue weighted by Crippen LogP contribution is -2.09. The summed E-state index contributed by atoms with van der Waals surface area (Å²) in [7, 11) is 0. The number of aliphatic hydroxyl groups excluding tert-OH is 1. The van der Waals surface area contributed by atoms with E-state index in [4.69, 9.17) is 5.73 Å². The summed E-state index contributed by atoms with van der Waals surface area (Å²) in [6, 6.07) is 6.07. The van der Waals surface area contributed by atoms with Crippen LogP contribution in [0.3, 0.4) is 0 Å². The van der Waals surface area contributed by atoms with Crippen molar-refractivity contribution in [2.45, 2.75) is 20.0 Å². The molecule has 0 fully saturated rings. The van der Waals surface area contributed by atoms with Crippen LogP contribution < -0.4 is 5.73 Å². The van der Waals surface area contributed by atoms with E-state index in [2.05, 4.69) is 4.98 Å². The number of aromatic nitrogens is 1. The Hall–Kier alpha value is -1.94. The van der Waals surface area contributed by atoms with Crippen molar-refractivity contribution in [3.05, 3.63) is 58.5 Å². The molecule has 3 nitrogen and oxygen atoms in total. The van der Waals surface area contributed by atoms with Gasteiger partial charge in [-0.2, -0.15) is 0 Å². The second-order valence-electron chi connectivity index (χ2n) is 4.33. The molecule has 0 spiro atoms. The summed E-state index contributed by atoms with van der Waals surface area (Å²) in [4.78, 5) is 3.98. The molecule has 1 aromatic heterocycles. The van der Waals surface area contributed by atoms with Crippen molar-refractivity contribution >= 4 is 5.82 Å². The van der Waals surface area contributed by atoms with Crippen LogP contribution in [0.25, 0.3) is 0 Å². The first-order valence-electron chi connectivity index (χ1n) is 5.66. The monoisotopic (exact) mass is 246 g/mol. The number of halogens is 1. The largest absolute Gasteiger partial charge is 0.383 e. The Labute approximate surface area is 105 Å². The Balaban J connectivity index is 2.51. The molecule has 94 valence electrons. The summed E-state index contributed by atoms with van der Waals surface area (Å²) in [5.74, 6) is -0.0226. The topological polar surface area (TPSA) is 59.1 Å². The molecule has 1 atom stereocenters. The number of hydrogen-bond acceptors (Lipinski definition) is 3. The van der Waals surface area contributed by atoms with E-state index < -0.39 is 6.10 Å². The van der Waals surface area contributed by atoms with Crippen LogP contribution in [0.4, 0.5) is 10.2 Å². The van der Waals surface area contributed by atoms with E-state index in [-0.39, 0.29) is 5.82 Å². The predicted octanol–water partition coefficient (Wildman–Crippen LogP) is 2.50. The number of nitrogen functional groups attached to an aromatic ring is 1. The molecule has 18 heavy (non-hydrogen) atoms. The Morgan fingerprint density at radius 1 is 1.22 bits per heavy atom. The standard InChI is InChI=1S/C14H15FN2O/c1-8-5-6-17-14(16)12(8)13(18)11-4-3-10(15)7-9(11)2/h3-7,13,18H,1-2H3,(H2,16,17). The summed E-state index contributed by atoms with van der Waals surface area (Å²) in [5, 5.41) is 10.4. The molecule has 0 aliphatic heterocycles. The molecule has 2 aromatic rings. The molecule has 0 saturated heterocycles. The Kier molecular flexibility index (Phi) is 3.30. The van der Waals surface area contributed by atoms with E-state index in [0.717, 1.165) is 5.56 Å². The van der Waals surface area contributed by atoms with Crippen molar-refractivity contribution in [1.82, 2.24) is 4.98 Å². The lowest BCUT2D eigenvalue weighted by Gasteiger charge is -2.17. The van der Waals surface area contributed by atoms with Gasteiger partial charge in [0.05, 0.1) is 0 Å². The lowest BCUT2D eigenvalue weighted by molar-refractivity contribution is 0.219. The van der Waals surface area contributed by atoms with Gasteiger partial charge in [0.25, 0.3) is 0 Å². The third-order valence-electron chi connectivity index (χ3n) is 3.04. The van der Waals surface area contributed by atoms with Crippen LogP contribution in [-0.4, -0.2) is 10.1 Å². The third-order valence-corrected chi connectivity index (χ3v) is 3.04. The van der Waals surface area contributed by atoms with E-state index in [1.54, 1.807) is 25.3 Å². The molecular weight excluding hydrogens is 231 g/mol. The number of aryl methyl sites for hydroxylation is 2. The van der Waals surface area contributed by atoms with Gasteiger partial charge in [0.2, 0.25) is 0 Å². The van der Waals surface area contributed by atoms with Crippen molar-refractivity contribution in [3.8, 4) is 0 Å². The summed E-state index contributed by atoms with van der Waals surface area (Å²) in [6.45, 7) is 3.61. The highest BCUT2D eigenvalue weighted by Gasteiger charge is 2.18. The molecule has 0 amide bonds. The normalized spacial score (nSPS) is 12.4. The number of aliphatic hydroxyl groups is 1. The second kappa shape index (κ2) is 4.74. The Morgan fingerprint density at radius 3 is 2.56 bits per heavy atom. The molecule has 1 aromatic carbocycles. The number of nitrogens with zero attached hydrogens (tertiary/aromatic N) is 1. The Morgan fingerprint density at radius 2 is 1.94 bits per heavy atom. The van der Waals surface area contributed by atoms with Gasteiger partial charge in [-0.3, -0.25) is 0 Å². The molecule has 0 saturated carbocycles. The average molecular weight is 246 g/mol. The molecule has 0 radical (unpaired) electrons. The summed E-state index contributed by atoms with van der Waals surface area (Å²) in [6.07, 6.45) is 0.706. The zero-order chi connectivity index (χ0) is 13.3. The number of hydrogen-bond donors (Lipinski definition) is 2. The van der Waals surface area contributed by atoms with E-state index in [1.165, 1.54) is 12.1 Å². The molecule has 3 N–H and O–H groups in total. The Bertz CT molecular complexity index is 564. The first kappa shape index (κ1) is 12.5. The van der Waals surface area contributed by atoms with E-state index in [9.17, 15) is 9.50 Å². The van der Waals surface area contributed by atoms with Gasteiger partial charge in [0.1, 0.15) is 17.7 Å². The molecule has 4 heteroatoms. The van der Waals surface area contributed by atoms with Crippen LogP contribution in [0.1, 0.15) is 28.4 Å². The summed E-state index contributed by atoms with van der Waals surface area (Å²) < 4.78 is 13.1. The third kappa shape index (κ3) is 2.19. The van der Waals surface area contributed by atoms with Gasteiger partial charge in [0, 0.05) is 11.8 Å². The zero-order valence-electron chi connectivity index (χ0n) is 10.3. The first-order valence-corrected chi connectivity index (χ1v) is 5.66. The van der Waals surface area contributed by atoms with Crippen LogP contribution in [0.15, 0.2) is 30.5 Å². The highest BCUT2D eigenvalue weighted by molar-refractivity contribution is 5.49. The van der Waals surface area contributed by atoms with Crippen molar-refractivity contribution < 1.29 is 9.50 Å². The smallest absolute Gasteiger partial charge is 0.129 e. The van der Waals surface area contributed by atoms with Crippen LogP contribution in [-0.2, 0) is 0 Å². The fraction of sp³-hybridized carbons (Fsp3) is 0.214. The molecule has 2 rings (SSSR count). The van der Waals surface area contributed by atoms with E-state index in [0.29, 0.717) is 22.5 Å². The fourth-order valence-electron chi connectivity index (χ4n) is 2.05. The quantitative estimate of drug-likeness (QED) is 0.856. The van der Waals surface area contributed by atoms with Gasteiger partial charge in [-0.15, -0.1) is 0 Å². The second-order valence-corrected chi connectivity index (χ2v) is 4.33. The molecule has 0 bridgehead atoms. The first-order chi connectivity index (χ1) is 8.50. The zero-order valence-corrected chi connectivity index (χ0v) is 10.3. The van der Waals surface area contributed by atoms with Crippen molar-refractivity contribution in [1.29, 1.82) is 0 Å². The number of nitrogens with two attached hydrogens (primary N) is 1. The highest BCUT2D eigenvalue weighted by atomic mass is 19.1. The van der Waals surface area contributed by atoms with Gasteiger partial charge in [-0.1, -0.05) is 6.07 Å². The highest BCUT2D eigenvalue weighted by Crippen LogP contribution is 2.30. The minimum absolute atomic E-state index is 0.297. The van der Waals surface area contributed by atoms with Crippen molar-refractivity contribution in [3.63, 3.8) is 0 Å². The number of rotatable bonds is 2. The maximum absolute atomic E-state index is 13.1. The maximum atomic E-state index is 13.1. The summed E-state index contributed by atoms with van der Waals surface area (Å²) in [5.41, 5.74) is 8.55. The summed E-state index contributed by atoms with van der Waals surface area (Å²) >= 11 is 0. The predicted molar refractivity (Wildman–Crippen MR) is 68.6 cm³/mol. The van der Waals surface area contributed by atoms with Crippen LogP contribution in [0.2, 0.25) is 0 Å². The maximum Gasteiger partial charge on any atom is 0.129 e. The van der Waals surface area contributed by atoms with E-state index >= 15 is 0 Å². The van der Waals surface area contributed by atoms with E-state index in [1.807, 2.05) is 6.92 Å². The van der Waals surface area contributed by atoms with Crippen LogP contribution in [0.5, 0.6) is 0 Å². The van der Waals surface area contributed by atoms with Gasteiger partial charge in [-0.25, -0.2) is 9.37 Å². The van der Waals surface area contributed by atoms with Gasteiger partial charge >= 0.3 is 0 Å². The van der Waals surface area contributed by atoms with Crippen LogP contribution >= 0.6 is 0 Å². The lowest BCUT2D eigenvalue weighted by atomic mass is 9.95. The molecular formula is C14H15FN2O. The number of pyridine rings is 1. The van der Waals surface area contributed by atoms with Gasteiger partial charge in [0.15, 0.2) is 0 Å². The minimum atomic E-state index is -0.890.